The third kappa shape index (κ3) is 1.50. The molecule has 0 heterocycles. The number of hydrogen-bond donors (Lipinski definition) is 0. The van der Waals surface area contributed by atoms with Crippen LogP contribution in [0.1, 0.15) is 5.56 Å². The summed E-state index contributed by atoms with van der Waals surface area (Å²) >= 11 is 5.55. The lowest BCUT2D eigenvalue weighted by molar-refractivity contribution is 0.568. The van der Waals surface area contributed by atoms with Crippen molar-refractivity contribution < 1.29 is 8.78 Å². The van der Waals surface area contributed by atoms with Crippen LogP contribution in [-0.4, -0.2) is 0 Å². The van der Waals surface area contributed by atoms with Gasteiger partial charge in [0.15, 0.2) is 5.82 Å². The van der Waals surface area contributed by atoms with E-state index >= 15 is 0 Å². The molecule has 0 spiro atoms. The first-order valence-corrected chi connectivity index (χ1v) is 4.39. The van der Waals surface area contributed by atoms with E-state index in [1.807, 2.05) is 0 Å². The standard InChI is InChI=1S/C7HBr2F2N/c8-4-1-5(10)6(9)7(11)3(4)2-12/h1H. The van der Waals surface area contributed by atoms with E-state index in [4.69, 9.17) is 5.26 Å². The minimum Gasteiger partial charge on any atom is -0.206 e. The van der Waals surface area contributed by atoms with Crippen molar-refractivity contribution in [2.75, 3.05) is 0 Å². The van der Waals surface area contributed by atoms with Crippen LogP contribution in [0.15, 0.2) is 15.0 Å². The van der Waals surface area contributed by atoms with Gasteiger partial charge in [0.05, 0.1) is 4.47 Å². The highest BCUT2D eigenvalue weighted by molar-refractivity contribution is 9.11. The fourth-order valence-electron chi connectivity index (χ4n) is 0.669. The van der Waals surface area contributed by atoms with Crippen LogP contribution in [0.2, 0.25) is 0 Å². The van der Waals surface area contributed by atoms with Gasteiger partial charge in [-0.1, -0.05) is 0 Å². The van der Waals surface area contributed by atoms with Crippen molar-refractivity contribution in [3.63, 3.8) is 0 Å². The monoisotopic (exact) mass is 295 g/mol. The zero-order chi connectivity index (χ0) is 9.30. The van der Waals surface area contributed by atoms with Crippen molar-refractivity contribution in [3.05, 3.63) is 32.2 Å². The fraction of sp³-hybridized carbons (Fsp3) is 0. The molecular weight excluding hydrogens is 296 g/mol. The summed E-state index contributed by atoms with van der Waals surface area (Å²) in [6.07, 6.45) is 0. The van der Waals surface area contributed by atoms with Gasteiger partial charge in [0.2, 0.25) is 0 Å². The van der Waals surface area contributed by atoms with Crippen LogP contribution in [0.25, 0.3) is 0 Å². The Kier molecular flexibility index (Phi) is 2.80. The van der Waals surface area contributed by atoms with Crippen LogP contribution in [0.3, 0.4) is 0 Å². The lowest BCUT2D eigenvalue weighted by Gasteiger charge is -2.00. The molecule has 62 valence electrons. The lowest BCUT2D eigenvalue weighted by atomic mass is 10.2. The second-order valence-electron chi connectivity index (χ2n) is 1.95. The van der Waals surface area contributed by atoms with Crippen molar-refractivity contribution in [3.8, 4) is 6.07 Å². The Hall–Kier alpha value is -0.470. The Morgan fingerprint density at radius 2 is 1.92 bits per heavy atom. The Labute approximate surface area is 84.3 Å². The van der Waals surface area contributed by atoms with Gasteiger partial charge in [-0.3, -0.25) is 0 Å². The van der Waals surface area contributed by atoms with Crippen molar-refractivity contribution in [1.82, 2.24) is 0 Å². The maximum atomic E-state index is 13.0. The molecule has 0 radical (unpaired) electrons. The number of benzene rings is 1. The number of halogens is 4. The summed E-state index contributed by atoms with van der Waals surface area (Å²) in [5, 5.41) is 8.45. The maximum Gasteiger partial charge on any atom is 0.159 e. The predicted molar refractivity (Wildman–Crippen MR) is 46.5 cm³/mol. The van der Waals surface area contributed by atoms with Crippen LogP contribution >= 0.6 is 31.9 Å². The van der Waals surface area contributed by atoms with Gasteiger partial charge in [-0.05, 0) is 37.9 Å². The van der Waals surface area contributed by atoms with E-state index in [9.17, 15) is 8.78 Å². The number of rotatable bonds is 0. The van der Waals surface area contributed by atoms with Gasteiger partial charge in [-0.2, -0.15) is 5.26 Å². The second-order valence-corrected chi connectivity index (χ2v) is 3.60. The van der Waals surface area contributed by atoms with Crippen LogP contribution in [0.5, 0.6) is 0 Å². The molecule has 0 saturated heterocycles. The molecule has 1 rings (SSSR count). The first-order chi connectivity index (χ1) is 5.57. The summed E-state index contributed by atoms with van der Waals surface area (Å²) in [6.45, 7) is 0. The molecule has 5 heteroatoms. The van der Waals surface area contributed by atoms with E-state index < -0.39 is 11.6 Å². The molecule has 1 aromatic carbocycles. The van der Waals surface area contributed by atoms with E-state index in [0.29, 0.717) is 0 Å². The second kappa shape index (κ2) is 3.50. The molecular formula is C7HBr2F2N. The Morgan fingerprint density at radius 1 is 1.33 bits per heavy atom. The Bertz CT molecular complexity index is 371. The molecule has 12 heavy (non-hydrogen) atoms. The summed E-state index contributed by atoms with van der Waals surface area (Å²) in [4.78, 5) is 0. The van der Waals surface area contributed by atoms with Gasteiger partial charge in [0.25, 0.3) is 0 Å². The normalized spacial score (nSPS) is 9.58. The molecule has 1 nitrogen and oxygen atoms in total. The van der Waals surface area contributed by atoms with E-state index in [2.05, 4.69) is 31.9 Å². The molecule has 1 aromatic rings. The van der Waals surface area contributed by atoms with E-state index in [-0.39, 0.29) is 14.5 Å². The molecule has 0 amide bonds. The molecule has 0 saturated carbocycles. The van der Waals surface area contributed by atoms with Gasteiger partial charge in [0, 0.05) is 4.47 Å². The molecule has 0 aliphatic heterocycles. The van der Waals surface area contributed by atoms with Gasteiger partial charge < -0.3 is 0 Å². The zero-order valence-corrected chi connectivity index (χ0v) is 8.71. The molecule has 0 bridgehead atoms. The van der Waals surface area contributed by atoms with E-state index in [1.165, 1.54) is 0 Å². The molecule has 0 aliphatic carbocycles. The molecule has 0 aromatic heterocycles. The average Bonchev–Trinajstić information content (AvgIpc) is 2.01. The molecule has 0 fully saturated rings. The summed E-state index contributed by atoms with van der Waals surface area (Å²) in [5.41, 5.74) is -0.205. The largest absolute Gasteiger partial charge is 0.206 e. The Balaban J connectivity index is 3.54. The molecule has 0 aliphatic rings. The van der Waals surface area contributed by atoms with Gasteiger partial charge in [-0.15, -0.1) is 0 Å². The SMILES string of the molecule is N#Cc1c(Br)cc(F)c(Br)c1F. The van der Waals surface area contributed by atoms with Gasteiger partial charge >= 0.3 is 0 Å². The predicted octanol–water partition coefficient (Wildman–Crippen LogP) is 3.36. The molecule has 0 N–H and O–H groups in total. The van der Waals surface area contributed by atoms with Crippen molar-refractivity contribution in [2.45, 2.75) is 0 Å². The minimum absolute atomic E-state index is 0.114. The van der Waals surface area contributed by atoms with Crippen molar-refractivity contribution in [1.29, 1.82) is 5.26 Å². The first kappa shape index (κ1) is 9.62. The maximum absolute atomic E-state index is 13.0. The minimum atomic E-state index is -0.885. The van der Waals surface area contributed by atoms with Crippen LogP contribution in [0.4, 0.5) is 8.78 Å². The average molecular weight is 297 g/mol. The first-order valence-electron chi connectivity index (χ1n) is 2.81. The summed E-state index contributed by atoms with van der Waals surface area (Å²) in [5.74, 6) is -1.62. The van der Waals surface area contributed by atoms with E-state index in [0.717, 1.165) is 6.07 Å². The van der Waals surface area contributed by atoms with Crippen molar-refractivity contribution in [2.24, 2.45) is 0 Å². The number of nitriles is 1. The third-order valence-electron chi connectivity index (χ3n) is 1.23. The Morgan fingerprint density at radius 3 is 2.42 bits per heavy atom. The fourth-order valence-corrected chi connectivity index (χ4v) is 1.45. The van der Waals surface area contributed by atoms with Gasteiger partial charge in [0.1, 0.15) is 17.4 Å². The van der Waals surface area contributed by atoms with Crippen LogP contribution in [0, 0.1) is 23.0 Å². The summed E-state index contributed by atoms with van der Waals surface area (Å²) in [6, 6.07) is 2.65. The van der Waals surface area contributed by atoms with Crippen LogP contribution < -0.4 is 0 Å². The quantitative estimate of drug-likeness (QED) is 0.532. The topological polar surface area (TPSA) is 23.8 Å². The zero-order valence-electron chi connectivity index (χ0n) is 5.54. The van der Waals surface area contributed by atoms with Crippen LogP contribution in [-0.2, 0) is 0 Å². The number of nitrogens with zero attached hydrogens (tertiary/aromatic N) is 1. The molecule has 0 unspecified atom stereocenters. The highest BCUT2D eigenvalue weighted by Gasteiger charge is 2.14. The van der Waals surface area contributed by atoms with Gasteiger partial charge in [-0.25, -0.2) is 8.78 Å². The highest BCUT2D eigenvalue weighted by atomic mass is 79.9. The molecule has 0 atom stereocenters. The lowest BCUT2D eigenvalue weighted by Crippen LogP contribution is -1.91. The van der Waals surface area contributed by atoms with E-state index in [1.54, 1.807) is 6.07 Å². The van der Waals surface area contributed by atoms with Crippen molar-refractivity contribution >= 4 is 31.9 Å². The number of hydrogen-bond acceptors (Lipinski definition) is 1. The smallest absolute Gasteiger partial charge is 0.159 e. The summed E-state index contributed by atoms with van der Waals surface area (Å²) in [7, 11) is 0. The summed E-state index contributed by atoms with van der Waals surface area (Å²) < 4.78 is 25.5. The third-order valence-corrected chi connectivity index (χ3v) is 2.58. The highest BCUT2D eigenvalue weighted by Crippen LogP contribution is 2.28.